The summed E-state index contributed by atoms with van der Waals surface area (Å²) in [6.07, 6.45) is 0. The van der Waals surface area contributed by atoms with Crippen molar-refractivity contribution in [3.05, 3.63) is 59.2 Å². The summed E-state index contributed by atoms with van der Waals surface area (Å²) >= 11 is 6.20. The van der Waals surface area contributed by atoms with Gasteiger partial charge in [-0.3, -0.25) is 0 Å². The van der Waals surface area contributed by atoms with Crippen LogP contribution in [-0.2, 0) is 0 Å². The predicted octanol–water partition coefficient (Wildman–Crippen LogP) is 4.94. The first-order valence-electron chi connectivity index (χ1n) is 7.95. The summed E-state index contributed by atoms with van der Waals surface area (Å²) in [6.45, 7) is 1.90. The van der Waals surface area contributed by atoms with Gasteiger partial charge in [0.25, 0.3) is 0 Å². The van der Waals surface area contributed by atoms with Crippen molar-refractivity contribution in [3.8, 4) is 11.5 Å². The molecule has 0 unspecified atom stereocenters. The lowest BCUT2D eigenvalue weighted by atomic mass is 10.2. The monoisotopic (exact) mass is 370 g/mol. The summed E-state index contributed by atoms with van der Waals surface area (Å²) < 4.78 is 10.7. The smallest absolute Gasteiger partial charge is 0.229 e. The number of hydrogen-bond acceptors (Lipinski definition) is 6. The van der Waals surface area contributed by atoms with Gasteiger partial charge < -0.3 is 20.1 Å². The standard InChI is InChI=1S/C19H19ClN4O2/c1-12-10-18(22-15-7-5-4-6-14(15)20)24-19(21-12)23-16-11-13(25-2)8-9-17(16)26-3/h4-11H,1-3H3,(H2,21,22,23,24). The number of benzene rings is 2. The first kappa shape index (κ1) is 17.8. The number of nitrogens with one attached hydrogen (secondary N) is 2. The zero-order chi connectivity index (χ0) is 18.5. The van der Waals surface area contributed by atoms with Crippen LogP contribution < -0.4 is 20.1 Å². The second-order valence-corrected chi connectivity index (χ2v) is 5.92. The van der Waals surface area contributed by atoms with E-state index in [0.29, 0.717) is 34.0 Å². The molecular formula is C19H19ClN4O2. The van der Waals surface area contributed by atoms with Gasteiger partial charge in [0.1, 0.15) is 17.3 Å². The van der Waals surface area contributed by atoms with Crippen LogP contribution in [0.3, 0.4) is 0 Å². The minimum Gasteiger partial charge on any atom is -0.497 e. The molecule has 26 heavy (non-hydrogen) atoms. The van der Waals surface area contributed by atoms with Gasteiger partial charge in [0.05, 0.1) is 30.6 Å². The molecule has 0 saturated carbocycles. The van der Waals surface area contributed by atoms with Crippen molar-refractivity contribution in [1.82, 2.24) is 9.97 Å². The highest BCUT2D eigenvalue weighted by Gasteiger charge is 2.09. The quantitative estimate of drug-likeness (QED) is 0.640. The first-order valence-corrected chi connectivity index (χ1v) is 8.33. The SMILES string of the molecule is COc1ccc(OC)c(Nc2nc(C)cc(Nc3ccccc3Cl)n2)c1. The highest BCUT2D eigenvalue weighted by Crippen LogP contribution is 2.31. The molecule has 0 aliphatic heterocycles. The van der Waals surface area contributed by atoms with Crippen molar-refractivity contribution in [2.75, 3.05) is 24.9 Å². The Bertz CT molecular complexity index is 918. The highest BCUT2D eigenvalue weighted by molar-refractivity contribution is 6.33. The van der Waals surface area contributed by atoms with Gasteiger partial charge in [-0.1, -0.05) is 23.7 Å². The van der Waals surface area contributed by atoms with Crippen LogP contribution in [0.4, 0.5) is 23.1 Å². The molecule has 1 aromatic heterocycles. The Hall–Kier alpha value is -2.99. The van der Waals surface area contributed by atoms with E-state index in [1.807, 2.05) is 55.5 Å². The van der Waals surface area contributed by atoms with Crippen molar-refractivity contribution in [2.45, 2.75) is 6.92 Å². The summed E-state index contributed by atoms with van der Waals surface area (Å²) in [5, 5.41) is 7.01. The number of ether oxygens (including phenoxy) is 2. The maximum Gasteiger partial charge on any atom is 0.229 e. The Morgan fingerprint density at radius 3 is 2.42 bits per heavy atom. The van der Waals surface area contributed by atoms with Gasteiger partial charge in [-0.05, 0) is 31.2 Å². The van der Waals surface area contributed by atoms with Gasteiger partial charge in [0.15, 0.2) is 0 Å². The van der Waals surface area contributed by atoms with Crippen molar-refractivity contribution in [3.63, 3.8) is 0 Å². The Morgan fingerprint density at radius 2 is 1.69 bits per heavy atom. The van der Waals surface area contributed by atoms with E-state index in [4.69, 9.17) is 21.1 Å². The van der Waals surface area contributed by atoms with E-state index in [1.165, 1.54) is 0 Å². The summed E-state index contributed by atoms with van der Waals surface area (Å²) in [5.41, 5.74) is 2.29. The van der Waals surface area contributed by atoms with Crippen LogP contribution in [0.5, 0.6) is 11.5 Å². The molecule has 2 aromatic carbocycles. The normalized spacial score (nSPS) is 10.3. The van der Waals surface area contributed by atoms with Gasteiger partial charge in [0, 0.05) is 17.8 Å². The second kappa shape index (κ2) is 7.93. The number of rotatable bonds is 6. The van der Waals surface area contributed by atoms with Gasteiger partial charge in [-0.25, -0.2) is 4.98 Å². The molecular weight excluding hydrogens is 352 g/mol. The summed E-state index contributed by atoms with van der Waals surface area (Å²) in [5.74, 6) is 2.44. The largest absolute Gasteiger partial charge is 0.497 e. The molecule has 2 N–H and O–H groups in total. The molecule has 0 bridgehead atoms. The topological polar surface area (TPSA) is 68.3 Å². The summed E-state index contributed by atoms with van der Waals surface area (Å²) in [4.78, 5) is 8.94. The van der Waals surface area contributed by atoms with E-state index < -0.39 is 0 Å². The number of anilines is 4. The molecule has 0 radical (unpaired) electrons. The fourth-order valence-electron chi connectivity index (χ4n) is 2.42. The van der Waals surface area contributed by atoms with E-state index in [-0.39, 0.29) is 0 Å². The maximum atomic E-state index is 6.20. The number of halogens is 1. The molecule has 1 heterocycles. The highest BCUT2D eigenvalue weighted by atomic mass is 35.5. The number of aryl methyl sites for hydroxylation is 1. The van der Waals surface area contributed by atoms with Gasteiger partial charge in [0.2, 0.25) is 5.95 Å². The lowest BCUT2D eigenvalue weighted by molar-refractivity contribution is 0.405. The van der Waals surface area contributed by atoms with Crippen LogP contribution in [-0.4, -0.2) is 24.2 Å². The van der Waals surface area contributed by atoms with E-state index >= 15 is 0 Å². The Balaban J connectivity index is 1.90. The third-order valence-corrected chi connectivity index (χ3v) is 3.97. The molecule has 134 valence electrons. The average molecular weight is 371 g/mol. The molecule has 6 nitrogen and oxygen atoms in total. The number of para-hydroxylation sites is 1. The lowest BCUT2D eigenvalue weighted by Gasteiger charge is -2.13. The van der Waals surface area contributed by atoms with E-state index in [9.17, 15) is 0 Å². The lowest BCUT2D eigenvalue weighted by Crippen LogP contribution is -2.03. The molecule has 0 amide bonds. The minimum absolute atomic E-state index is 0.436. The number of hydrogen-bond donors (Lipinski definition) is 2. The average Bonchev–Trinajstić information content (AvgIpc) is 2.63. The van der Waals surface area contributed by atoms with Crippen molar-refractivity contribution < 1.29 is 9.47 Å². The van der Waals surface area contributed by atoms with Crippen LogP contribution in [0.2, 0.25) is 5.02 Å². The van der Waals surface area contributed by atoms with Crippen LogP contribution in [0.1, 0.15) is 5.69 Å². The molecule has 0 spiro atoms. The summed E-state index contributed by atoms with van der Waals surface area (Å²) in [7, 11) is 3.22. The van der Waals surface area contributed by atoms with E-state index in [0.717, 1.165) is 11.4 Å². The molecule has 0 aliphatic rings. The molecule has 0 saturated heterocycles. The first-order chi connectivity index (χ1) is 12.6. The van der Waals surface area contributed by atoms with Crippen LogP contribution in [0, 0.1) is 6.92 Å². The van der Waals surface area contributed by atoms with Crippen LogP contribution >= 0.6 is 11.6 Å². The second-order valence-electron chi connectivity index (χ2n) is 5.51. The Kier molecular flexibility index (Phi) is 5.43. The molecule has 3 rings (SSSR count). The van der Waals surface area contributed by atoms with Crippen LogP contribution in [0.25, 0.3) is 0 Å². The fraction of sp³-hybridized carbons (Fsp3) is 0.158. The molecule has 3 aromatic rings. The zero-order valence-corrected chi connectivity index (χ0v) is 15.5. The number of nitrogens with zero attached hydrogens (tertiary/aromatic N) is 2. The molecule has 0 atom stereocenters. The Morgan fingerprint density at radius 1 is 0.885 bits per heavy atom. The van der Waals surface area contributed by atoms with Crippen LogP contribution in [0.15, 0.2) is 48.5 Å². The minimum atomic E-state index is 0.436. The summed E-state index contributed by atoms with van der Waals surface area (Å²) in [6, 6.07) is 14.8. The van der Waals surface area contributed by atoms with Gasteiger partial charge in [-0.15, -0.1) is 0 Å². The van der Waals surface area contributed by atoms with Gasteiger partial charge >= 0.3 is 0 Å². The van der Waals surface area contributed by atoms with Crippen molar-refractivity contribution in [2.24, 2.45) is 0 Å². The molecule has 0 aliphatic carbocycles. The van der Waals surface area contributed by atoms with Crippen molar-refractivity contribution >= 4 is 34.7 Å². The zero-order valence-electron chi connectivity index (χ0n) is 14.7. The maximum absolute atomic E-state index is 6.20. The van der Waals surface area contributed by atoms with Crippen molar-refractivity contribution in [1.29, 1.82) is 0 Å². The predicted molar refractivity (Wildman–Crippen MR) is 104 cm³/mol. The third kappa shape index (κ3) is 4.15. The van der Waals surface area contributed by atoms with Gasteiger partial charge in [-0.2, -0.15) is 4.98 Å². The number of methoxy groups -OCH3 is 2. The fourth-order valence-corrected chi connectivity index (χ4v) is 2.60. The molecule has 7 heteroatoms. The molecule has 0 fully saturated rings. The Labute approximate surface area is 157 Å². The van der Waals surface area contributed by atoms with E-state index in [2.05, 4.69) is 20.6 Å². The third-order valence-electron chi connectivity index (χ3n) is 3.64. The van der Waals surface area contributed by atoms with E-state index in [1.54, 1.807) is 14.2 Å². The number of aromatic nitrogens is 2.